The molecule has 0 aromatic heterocycles. The van der Waals surface area contributed by atoms with Crippen molar-refractivity contribution in [2.24, 2.45) is 5.92 Å². The van der Waals surface area contributed by atoms with Crippen molar-refractivity contribution in [3.63, 3.8) is 0 Å². The fourth-order valence-electron chi connectivity index (χ4n) is 3.60. The first-order chi connectivity index (χ1) is 8.29. The van der Waals surface area contributed by atoms with Gasteiger partial charge in [0, 0.05) is 6.04 Å². The number of likely N-dealkylation sites (N-methyl/N-ethyl adjacent to an activating group) is 1. The molecule has 0 radical (unpaired) electrons. The zero-order chi connectivity index (χ0) is 11.8. The number of nitrogens with zero attached hydrogens (tertiary/aromatic N) is 1. The SMILES string of the molecule is COc1cccc2c1C[C@@H]1[C@H](CCCN1C)C2. The van der Waals surface area contributed by atoms with Crippen LogP contribution in [0, 0.1) is 5.92 Å². The van der Waals surface area contributed by atoms with E-state index in [2.05, 4.69) is 30.1 Å². The van der Waals surface area contributed by atoms with Crippen LogP contribution < -0.4 is 4.74 Å². The van der Waals surface area contributed by atoms with Crippen molar-refractivity contribution in [1.82, 2.24) is 4.90 Å². The zero-order valence-electron chi connectivity index (χ0n) is 10.8. The van der Waals surface area contributed by atoms with Crippen LogP contribution in [0.2, 0.25) is 0 Å². The maximum Gasteiger partial charge on any atom is 0.122 e. The lowest BCUT2D eigenvalue weighted by Crippen LogP contribution is -2.47. The second kappa shape index (κ2) is 4.34. The Morgan fingerprint density at radius 3 is 3.00 bits per heavy atom. The van der Waals surface area contributed by atoms with E-state index in [1.807, 2.05) is 0 Å². The Kier molecular flexibility index (Phi) is 2.83. The molecule has 0 amide bonds. The molecule has 0 N–H and O–H groups in total. The summed E-state index contributed by atoms with van der Waals surface area (Å²) in [6, 6.07) is 7.24. The van der Waals surface area contributed by atoms with Gasteiger partial charge in [0.05, 0.1) is 7.11 Å². The molecule has 3 rings (SSSR count). The van der Waals surface area contributed by atoms with E-state index in [1.54, 1.807) is 7.11 Å². The molecule has 2 nitrogen and oxygen atoms in total. The number of hydrogen-bond donors (Lipinski definition) is 0. The summed E-state index contributed by atoms with van der Waals surface area (Å²) in [4.78, 5) is 2.55. The van der Waals surface area contributed by atoms with Gasteiger partial charge in [-0.1, -0.05) is 12.1 Å². The van der Waals surface area contributed by atoms with E-state index in [0.717, 1.165) is 17.7 Å². The molecule has 1 heterocycles. The van der Waals surface area contributed by atoms with Gasteiger partial charge < -0.3 is 9.64 Å². The van der Waals surface area contributed by atoms with Gasteiger partial charge in [0.15, 0.2) is 0 Å². The molecule has 1 aliphatic heterocycles. The minimum Gasteiger partial charge on any atom is -0.496 e. The number of likely N-dealkylation sites (tertiary alicyclic amines) is 1. The quantitative estimate of drug-likeness (QED) is 0.736. The molecule has 1 saturated heterocycles. The maximum absolute atomic E-state index is 5.51. The average molecular weight is 231 g/mol. The van der Waals surface area contributed by atoms with Crippen molar-refractivity contribution < 1.29 is 4.74 Å². The molecule has 1 aromatic carbocycles. The number of rotatable bonds is 1. The lowest BCUT2D eigenvalue weighted by Gasteiger charge is -2.43. The molecule has 2 heteroatoms. The van der Waals surface area contributed by atoms with Gasteiger partial charge in [-0.3, -0.25) is 0 Å². The van der Waals surface area contributed by atoms with Gasteiger partial charge in [0.25, 0.3) is 0 Å². The maximum atomic E-state index is 5.51. The molecule has 0 unspecified atom stereocenters. The van der Waals surface area contributed by atoms with Crippen LogP contribution in [0.5, 0.6) is 5.75 Å². The van der Waals surface area contributed by atoms with Crippen LogP contribution in [-0.2, 0) is 12.8 Å². The highest BCUT2D eigenvalue weighted by Crippen LogP contribution is 2.37. The van der Waals surface area contributed by atoms with Crippen molar-refractivity contribution in [3.05, 3.63) is 29.3 Å². The van der Waals surface area contributed by atoms with Gasteiger partial charge in [-0.05, 0) is 62.4 Å². The van der Waals surface area contributed by atoms with Crippen LogP contribution in [0.4, 0.5) is 0 Å². The van der Waals surface area contributed by atoms with Crippen LogP contribution in [0.25, 0.3) is 0 Å². The van der Waals surface area contributed by atoms with Gasteiger partial charge in [-0.2, -0.15) is 0 Å². The number of benzene rings is 1. The molecule has 2 atom stereocenters. The Balaban J connectivity index is 1.96. The number of ether oxygens (including phenoxy) is 1. The Bertz CT molecular complexity index is 415. The van der Waals surface area contributed by atoms with Gasteiger partial charge in [-0.25, -0.2) is 0 Å². The van der Waals surface area contributed by atoms with Crippen molar-refractivity contribution >= 4 is 0 Å². The number of methoxy groups -OCH3 is 1. The normalized spacial score (nSPS) is 28.4. The summed E-state index contributed by atoms with van der Waals surface area (Å²) in [5.74, 6) is 1.94. The highest BCUT2D eigenvalue weighted by atomic mass is 16.5. The Hall–Kier alpha value is -1.02. The lowest BCUT2D eigenvalue weighted by atomic mass is 9.75. The highest BCUT2D eigenvalue weighted by molar-refractivity contribution is 5.43. The van der Waals surface area contributed by atoms with E-state index in [1.165, 1.54) is 43.4 Å². The Labute approximate surface area is 104 Å². The Morgan fingerprint density at radius 1 is 1.29 bits per heavy atom. The van der Waals surface area contributed by atoms with E-state index in [4.69, 9.17) is 4.74 Å². The molecule has 0 spiro atoms. The van der Waals surface area contributed by atoms with Crippen LogP contribution in [0.1, 0.15) is 24.0 Å². The van der Waals surface area contributed by atoms with Crippen LogP contribution in [0.15, 0.2) is 18.2 Å². The van der Waals surface area contributed by atoms with E-state index in [-0.39, 0.29) is 0 Å². The second-order valence-electron chi connectivity index (χ2n) is 5.46. The van der Waals surface area contributed by atoms with Gasteiger partial charge in [-0.15, -0.1) is 0 Å². The summed E-state index contributed by atoms with van der Waals surface area (Å²) in [5, 5.41) is 0. The van der Waals surface area contributed by atoms with E-state index in [9.17, 15) is 0 Å². The third-order valence-electron chi connectivity index (χ3n) is 4.54. The van der Waals surface area contributed by atoms with Crippen molar-refractivity contribution in [2.45, 2.75) is 31.7 Å². The molecule has 0 saturated carbocycles. The fourth-order valence-corrected chi connectivity index (χ4v) is 3.60. The minimum atomic E-state index is 0.729. The first-order valence-electron chi connectivity index (χ1n) is 6.64. The van der Waals surface area contributed by atoms with Crippen LogP contribution in [0.3, 0.4) is 0 Å². The monoisotopic (exact) mass is 231 g/mol. The molecular weight excluding hydrogens is 210 g/mol. The zero-order valence-corrected chi connectivity index (χ0v) is 10.8. The molecule has 17 heavy (non-hydrogen) atoms. The summed E-state index contributed by atoms with van der Waals surface area (Å²) < 4.78 is 5.51. The topological polar surface area (TPSA) is 12.5 Å². The predicted molar refractivity (Wildman–Crippen MR) is 69.5 cm³/mol. The standard InChI is InChI=1S/C15H21NO/c1-16-8-4-6-12-9-11-5-3-7-15(17-2)13(11)10-14(12)16/h3,5,7,12,14H,4,6,8-10H2,1-2H3/t12-,14-/m1/s1. The smallest absolute Gasteiger partial charge is 0.122 e. The largest absolute Gasteiger partial charge is 0.496 e. The summed E-state index contributed by atoms with van der Waals surface area (Å²) in [6.45, 7) is 1.26. The molecule has 2 aliphatic rings. The number of piperidine rings is 1. The van der Waals surface area contributed by atoms with E-state index < -0.39 is 0 Å². The summed E-state index contributed by atoms with van der Waals surface area (Å²) in [5.41, 5.74) is 2.96. The average Bonchev–Trinajstić information content (AvgIpc) is 2.36. The number of hydrogen-bond acceptors (Lipinski definition) is 2. The van der Waals surface area contributed by atoms with Gasteiger partial charge in [0.2, 0.25) is 0 Å². The molecule has 0 bridgehead atoms. The minimum absolute atomic E-state index is 0.729. The first-order valence-corrected chi connectivity index (χ1v) is 6.64. The first kappa shape index (κ1) is 11.1. The predicted octanol–water partition coefficient (Wildman–Crippen LogP) is 2.50. The molecule has 92 valence electrons. The molecular formula is C15H21NO. The van der Waals surface area contributed by atoms with Gasteiger partial charge in [0.1, 0.15) is 5.75 Å². The fraction of sp³-hybridized carbons (Fsp3) is 0.600. The lowest BCUT2D eigenvalue weighted by molar-refractivity contribution is 0.111. The van der Waals surface area contributed by atoms with Crippen molar-refractivity contribution in [2.75, 3.05) is 20.7 Å². The summed E-state index contributed by atoms with van der Waals surface area (Å²) in [7, 11) is 4.06. The molecule has 1 aliphatic carbocycles. The highest BCUT2D eigenvalue weighted by Gasteiger charge is 2.34. The Morgan fingerprint density at radius 2 is 2.18 bits per heavy atom. The van der Waals surface area contributed by atoms with Gasteiger partial charge >= 0.3 is 0 Å². The summed E-state index contributed by atoms with van der Waals surface area (Å²) in [6.07, 6.45) is 5.16. The summed E-state index contributed by atoms with van der Waals surface area (Å²) >= 11 is 0. The van der Waals surface area contributed by atoms with Crippen LogP contribution >= 0.6 is 0 Å². The van der Waals surface area contributed by atoms with Crippen LogP contribution in [-0.4, -0.2) is 31.6 Å². The second-order valence-corrected chi connectivity index (χ2v) is 5.46. The van der Waals surface area contributed by atoms with Crippen molar-refractivity contribution in [3.8, 4) is 5.75 Å². The molecule has 1 aromatic rings. The third-order valence-corrected chi connectivity index (χ3v) is 4.54. The van der Waals surface area contributed by atoms with E-state index >= 15 is 0 Å². The third kappa shape index (κ3) is 1.85. The molecule has 1 fully saturated rings. The number of fused-ring (bicyclic) bond motifs is 2. The van der Waals surface area contributed by atoms with E-state index in [0.29, 0.717) is 0 Å². The van der Waals surface area contributed by atoms with Crippen molar-refractivity contribution in [1.29, 1.82) is 0 Å².